The minimum absolute atomic E-state index is 0. The third-order valence-corrected chi connectivity index (χ3v) is 4.73. The zero-order chi connectivity index (χ0) is 21.9. The average molecular weight is 444 g/mol. The van der Waals surface area contributed by atoms with Crippen LogP contribution >= 0.6 is 0 Å². The highest BCUT2D eigenvalue weighted by Gasteiger charge is 2.30. The molecule has 0 spiro atoms. The monoisotopic (exact) mass is 444 g/mol. The Balaban J connectivity index is 0. The van der Waals surface area contributed by atoms with E-state index in [-0.39, 0.29) is 45.7 Å². The zero-order valence-electron chi connectivity index (χ0n) is 19.6. The molecule has 2 fully saturated rings. The number of hydrogen-bond acceptors (Lipinski definition) is 7. The first kappa shape index (κ1) is 31.4. The van der Waals surface area contributed by atoms with Gasteiger partial charge in [-0.25, -0.2) is 4.79 Å². The van der Waals surface area contributed by atoms with E-state index in [1.54, 1.807) is 11.8 Å². The number of rotatable bonds is 4. The summed E-state index contributed by atoms with van der Waals surface area (Å²) in [5.41, 5.74) is -0.477. The van der Waals surface area contributed by atoms with Crippen LogP contribution in [0.3, 0.4) is 0 Å². The van der Waals surface area contributed by atoms with Gasteiger partial charge in [-0.3, -0.25) is 9.59 Å². The summed E-state index contributed by atoms with van der Waals surface area (Å²) in [5, 5.41) is 3.20. The molecular formula is C22H45BN2O6-2. The van der Waals surface area contributed by atoms with Gasteiger partial charge in [0.05, 0.1) is 25.0 Å². The molecule has 0 saturated carbocycles. The van der Waals surface area contributed by atoms with E-state index in [1.807, 2.05) is 27.7 Å². The molecule has 0 bridgehead atoms. The van der Waals surface area contributed by atoms with E-state index < -0.39 is 5.60 Å². The van der Waals surface area contributed by atoms with Gasteiger partial charge in [-0.1, -0.05) is 8.41 Å². The number of nitrogens with zero attached hydrogens (tertiary/aromatic N) is 1. The van der Waals surface area contributed by atoms with Crippen molar-refractivity contribution < 1.29 is 28.6 Å². The highest BCUT2D eigenvalue weighted by atomic mass is 16.6. The third-order valence-electron chi connectivity index (χ3n) is 4.73. The largest absolute Gasteiger partial charge is 0.466 e. The van der Waals surface area contributed by atoms with Crippen molar-refractivity contribution >= 4 is 26.4 Å². The van der Waals surface area contributed by atoms with Crippen molar-refractivity contribution in [1.29, 1.82) is 0 Å². The van der Waals surface area contributed by atoms with Gasteiger partial charge < -0.3 is 31.9 Å². The Bertz CT molecular complexity index is 525. The molecule has 2 heterocycles. The molecule has 2 aliphatic heterocycles. The Hall–Kier alpha value is -1.77. The lowest BCUT2D eigenvalue weighted by atomic mass is 9.97. The second kappa shape index (κ2) is 16.0. The number of esters is 2. The molecule has 0 aromatic heterocycles. The molecule has 2 rings (SSSR count). The van der Waals surface area contributed by atoms with Crippen LogP contribution in [0.2, 0.25) is 0 Å². The summed E-state index contributed by atoms with van der Waals surface area (Å²) < 4.78 is 15.2. The summed E-state index contributed by atoms with van der Waals surface area (Å²) in [4.78, 5) is 36.2. The van der Waals surface area contributed by atoms with Crippen LogP contribution in [-0.4, -0.2) is 76.3 Å². The number of carbonyl (C=O) groups excluding carboxylic acids is 3. The first-order chi connectivity index (χ1) is 13.7. The number of likely N-dealkylation sites (tertiary alicyclic amines) is 1. The maximum Gasteiger partial charge on any atom is 0.410 e. The Morgan fingerprint density at radius 2 is 1.29 bits per heavy atom. The topological polar surface area (TPSA) is 94.2 Å². The Kier molecular flexibility index (Phi) is 16.2. The van der Waals surface area contributed by atoms with Crippen LogP contribution in [0.4, 0.5) is 4.79 Å². The highest BCUT2D eigenvalue weighted by Crippen LogP contribution is 2.20. The van der Waals surface area contributed by atoms with E-state index in [2.05, 4.69) is 5.32 Å². The molecule has 31 heavy (non-hydrogen) atoms. The highest BCUT2D eigenvalue weighted by molar-refractivity contribution is 5.75. The van der Waals surface area contributed by atoms with Crippen molar-refractivity contribution in [2.24, 2.45) is 11.8 Å². The number of carbonyl (C=O) groups is 3. The van der Waals surface area contributed by atoms with Crippen LogP contribution < -0.4 is 5.32 Å². The lowest BCUT2D eigenvalue weighted by Gasteiger charge is -2.32. The summed E-state index contributed by atoms with van der Waals surface area (Å²) in [6.45, 7) is 13.1. The van der Waals surface area contributed by atoms with Crippen molar-refractivity contribution in [3.05, 3.63) is 7.43 Å². The van der Waals surface area contributed by atoms with Gasteiger partial charge in [0.25, 0.3) is 0 Å². The van der Waals surface area contributed by atoms with Crippen LogP contribution in [-0.2, 0) is 23.8 Å². The lowest BCUT2D eigenvalue weighted by Crippen LogP contribution is -2.43. The predicted molar refractivity (Wildman–Crippen MR) is 127 cm³/mol. The molecule has 0 unspecified atom stereocenters. The number of nitrogens with one attached hydrogen (secondary N) is 1. The standard InChI is InChI=1S/C13H23NO4.C8H15NO2.CH3.BH4/c1-5-17-11(15)10-6-8-14(9-7-10)12(16)18-13(2,3)4;1-2-11-8(10)7-3-5-9-6-4-7;;/h10H,5-9H2,1-4H3;7,9H,2-6H2,1H3;1H3;1H4/q;;2*-1. The lowest BCUT2D eigenvalue weighted by molar-refractivity contribution is -0.150. The Morgan fingerprint density at radius 3 is 1.68 bits per heavy atom. The SMILES string of the molecule is CCOC(=O)C1CCN(C(=O)OC(C)(C)C)CC1.CCOC(=O)C1CCNCC1.[BH4-].[CH3-]. The van der Waals surface area contributed by atoms with Gasteiger partial charge in [-0.05, 0) is 73.4 Å². The van der Waals surface area contributed by atoms with E-state index in [1.165, 1.54) is 0 Å². The van der Waals surface area contributed by atoms with Crippen LogP contribution in [0.5, 0.6) is 0 Å². The molecule has 2 aliphatic rings. The molecule has 0 aromatic carbocycles. The normalized spacial score (nSPS) is 17.1. The van der Waals surface area contributed by atoms with Crippen molar-refractivity contribution in [2.75, 3.05) is 39.4 Å². The Morgan fingerprint density at radius 1 is 0.871 bits per heavy atom. The van der Waals surface area contributed by atoms with Gasteiger partial charge in [-0.15, -0.1) is 0 Å². The predicted octanol–water partition coefficient (Wildman–Crippen LogP) is 1.74. The minimum atomic E-state index is -0.477. The molecule has 1 amide bonds. The van der Waals surface area contributed by atoms with Crippen molar-refractivity contribution in [3.63, 3.8) is 0 Å². The summed E-state index contributed by atoms with van der Waals surface area (Å²) in [6, 6.07) is 0. The molecule has 184 valence electrons. The summed E-state index contributed by atoms with van der Waals surface area (Å²) >= 11 is 0. The maximum absolute atomic E-state index is 11.8. The molecular weight excluding hydrogens is 399 g/mol. The Labute approximate surface area is 190 Å². The quantitative estimate of drug-likeness (QED) is 0.306. The molecule has 0 aliphatic carbocycles. The molecule has 9 heteroatoms. The number of hydrogen-bond donors (Lipinski definition) is 1. The molecule has 1 N–H and O–H groups in total. The van der Waals surface area contributed by atoms with Crippen molar-refractivity contribution in [3.8, 4) is 0 Å². The fourth-order valence-electron chi connectivity index (χ4n) is 3.20. The van der Waals surface area contributed by atoms with Crippen LogP contribution in [0, 0.1) is 19.3 Å². The van der Waals surface area contributed by atoms with Gasteiger partial charge in [0.1, 0.15) is 5.60 Å². The molecule has 0 atom stereocenters. The summed E-state index contributed by atoms with van der Waals surface area (Å²) in [7, 11) is 0. The molecule has 0 aromatic rings. The molecule has 0 radical (unpaired) electrons. The van der Waals surface area contributed by atoms with Crippen molar-refractivity contribution in [2.45, 2.75) is 65.9 Å². The second-order valence-electron chi connectivity index (χ2n) is 8.27. The second-order valence-corrected chi connectivity index (χ2v) is 8.27. The van der Waals surface area contributed by atoms with Crippen LogP contribution in [0.25, 0.3) is 0 Å². The number of piperidine rings is 2. The number of amides is 1. The van der Waals surface area contributed by atoms with Gasteiger partial charge >= 0.3 is 18.0 Å². The van der Waals surface area contributed by atoms with Gasteiger partial charge in [0.2, 0.25) is 0 Å². The third kappa shape index (κ3) is 12.6. The van der Waals surface area contributed by atoms with Crippen molar-refractivity contribution in [1.82, 2.24) is 10.2 Å². The first-order valence-electron chi connectivity index (χ1n) is 10.7. The summed E-state index contributed by atoms with van der Waals surface area (Å²) in [5.74, 6) is -0.102. The van der Waals surface area contributed by atoms with Gasteiger partial charge in [-0.2, -0.15) is 0 Å². The van der Waals surface area contributed by atoms with E-state index >= 15 is 0 Å². The number of ether oxygens (including phenoxy) is 3. The van der Waals surface area contributed by atoms with E-state index in [0.29, 0.717) is 39.1 Å². The maximum atomic E-state index is 11.8. The average Bonchev–Trinajstić information content (AvgIpc) is 2.68. The minimum Gasteiger partial charge on any atom is -0.466 e. The van der Waals surface area contributed by atoms with E-state index in [0.717, 1.165) is 25.9 Å². The molecule has 2 saturated heterocycles. The zero-order valence-corrected chi connectivity index (χ0v) is 19.6. The smallest absolute Gasteiger partial charge is 0.410 e. The first-order valence-corrected chi connectivity index (χ1v) is 10.7. The van der Waals surface area contributed by atoms with Crippen LogP contribution in [0.15, 0.2) is 0 Å². The fraction of sp³-hybridized carbons (Fsp3) is 0.818. The summed E-state index contributed by atoms with van der Waals surface area (Å²) in [6.07, 6.45) is 2.86. The van der Waals surface area contributed by atoms with Gasteiger partial charge in [0.15, 0.2) is 0 Å². The van der Waals surface area contributed by atoms with Crippen LogP contribution in [0.1, 0.15) is 60.3 Å². The fourth-order valence-corrected chi connectivity index (χ4v) is 3.20. The van der Waals surface area contributed by atoms with Gasteiger partial charge in [0, 0.05) is 13.1 Å². The van der Waals surface area contributed by atoms with E-state index in [9.17, 15) is 14.4 Å². The van der Waals surface area contributed by atoms with E-state index in [4.69, 9.17) is 14.2 Å². The molecule has 8 nitrogen and oxygen atoms in total.